The first-order valence-corrected chi connectivity index (χ1v) is 9.15. The Kier molecular flexibility index (Phi) is 5.75. The van der Waals surface area contributed by atoms with Crippen LogP contribution in [0.1, 0.15) is 18.5 Å². The number of carbonyl (C=O) groups excluding carboxylic acids is 1. The predicted octanol–water partition coefficient (Wildman–Crippen LogP) is 2.99. The number of phenols is 1. The van der Waals surface area contributed by atoms with Crippen LogP contribution in [0.4, 0.5) is 0 Å². The number of benzene rings is 2. The van der Waals surface area contributed by atoms with E-state index in [1.165, 1.54) is 16.4 Å². The van der Waals surface area contributed by atoms with Gasteiger partial charge in [-0.3, -0.25) is 4.79 Å². The van der Waals surface area contributed by atoms with Gasteiger partial charge in [-0.05, 0) is 53.2 Å². The summed E-state index contributed by atoms with van der Waals surface area (Å²) < 4.78 is 1.51. The van der Waals surface area contributed by atoms with Crippen molar-refractivity contribution in [1.29, 1.82) is 0 Å². The number of hydrogen-bond donors (Lipinski definition) is 2. The largest absolute Gasteiger partial charge is 0.508 e. The first kappa shape index (κ1) is 18.2. The van der Waals surface area contributed by atoms with Crippen LogP contribution in [0.2, 0.25) is 5.02 Å². The Hall–Kier alpha value is -2.58. The minimum absolute atomic E-state index is 0.150. The lowest BCUT2D eigenvalue weighted by atomic mass is 10.1. The summed E-state index contributed by atoms with van der Waals surface area (Å²) in [7, 11) is 0. The minimum Gasteiger partial charge on any atom is -0.508 e. The van der Waals surface area contributed by atoms with Crippen molar-refractivity contribution in [2.45, 2.75) is 18.1 Å². The number of phenolic OH excluding ortho intramolecular Hbond substituents is 1. The van der Waals surface area contributed by atoms with Crippen molar-refractivity contribution in [2.75, 3.05) is 5.75 Å². The third kappa shape index (κ3) is 4.33. The smallest absolute Gasteiger partial charge is 0.230 e. The lowest BCUT2D eigenvalue weighted by Crippen LogP contribution is -2.28. The van der Waals surface area contributed by atoms with Gasteiger partial charge in [0.15, 0.2) is 0 Å². The van der Waals surface area contributed by atoms with Crippen LogP contribution < -0.4 is 5.32 Å². The normalized spacial score (nSPS) is 11.9. The number of tetrazole rings is 1. The zero-order valence-electron chi connectivity index (χ0n) is 13.8. The first-order chi connectivity index (χ1) is 12.5. The number of aromatic nitrogens is 4. The van der Waals surface area contributed by atoms with Gasteiger partial charge in [-0.25, -0.2) is 0 Å². The summed E-state index contributed by atoms with van der Waals surface area (Å²) in [5.41, 5.74) is 1.56. The summed E-state index contributed by atoms with van der Waals surface area (Å²) in [5.74, 6) is 0.166. The van der Waals surface area contributed by atoms with Crippen LogP contribution in [0.25, 0.3) is 5.69 Å². The molecule has 134 valence electrons. The van der Waals surface area contributed by atoms with E-state index in [2.05, 4.69) is 20.8 Å². The van der Waals surface area contributed by atoms with Crippen molar-refractivity contribution < 1.29 is 9.90 Å². The number of nitrogens with zero attached hydrogens (tertiary/aromatic N) is 4. The van der Waals surface area contributed by atoms with Gasteiger partial charge in [-0.1, -0.05) is 41.6 Å². The van der Waals surface area contributed by atoms with Crippen LogP contribution in [0.15, 0.2) is 53.7 Å². The average Bonchev–Trinajstić information content (AvgIpc) is 3.09. The van der Waals surface area contributed by atoms with Gasteiger partial charge in [0.2, 0.25) is 11.1 Å². The van der Waals surface area contributed by atoms with Gasteiger partial charge in [0.25, 0.3) is 0 Å². The molecular formula is C17H16ClN5O2S. The van der Waals surface area contributed by atoms with Crippen molar-refractivity contribution in [3.05, 3.63) is 59.1 Å². The van der Waals surface area contributed by atoms with Gasteiger partial charge < -0.3 is 10.4 Å². The van der Waals surface area contributed by atoms with E-state index in [0.29, 0.717) is 15.9 Å². The number of nitrogens with one attached hydrogen (secondary N) is 1. The van der Waals surface area contributed by atoms with E-state index in [1.54, 1.807) is 30.3 Å². The summed E-state index contributed by atoms with van der Waals surface area (Å²) >= 11 is 7.38. The molecule has 0 bridgehead atoms. The topological polar surface area (TPSA) is 92.9 Å². The highest BCUT2D eigenvalue weighted by Crippen LogP contribution is 2.23. The first-order valence-electron chi connectivity index (χ1n) is 7.79. The number of aromatic hydroxyl groups is 1. The molecule has 0 saturated carbocycles. The Labute approximate surface area is 159 Å². The van der Waals surface area contributed by atoms with Gasteiger partial charge >= 0.3 is 0 Å². The van der Waals surface area contributed by atoms with Crippen LogP contribution in [0.3, 0.4) is 0 Å². The molecule has 0 fully saturated rings. The summed E-state index contributed by atoms with van der Waals surface area (Å²) in [4.78, 5) is 12.2. The van der Waals surface area contributed by atoms with Crippen molar-refractivity contribution in [2.24, 2.45) is 0 Å². The molecule has 1 amide bonds. The van der Waals surface area contributed by atoms with E-state index >= 15 is 0 Å². The van der Waals surface area contributed by atoms with Gasteiger partial charge in [-0.2, -0.15) is 4.68 Å². The molecule has 0 spiro atoms. The SMILES string of the molecule is C[C@@H](NC(=O)CSc1nnnn1-c1ccc(O)cc1)c1ccccc1Cl. The van der Waals surface area contributed by atoms with E-state index in [0.717, 1.165) is 5.56 Å². The zero-order valence-corrected chi connectivity index (χ0v) is 15.4. The second kappa shape index (κ2) is 8.20. The number of carbonyl (C=O) groups is 1. The minimum atomic E-state index is -0.204. The van der Waals surface area contributed by atoms with Gasteiger partial charge in [0.05, 0.1) is 17.5 Å². The monoisotopic (exact) mass is 389 g/mol. The highest BCUT2D eigenvalue weighted by atomic mass is 35.5. The van der Waals surface area contributed by atoms with Crippen molar-refractivity contribution in [3.8, 4) is 11.4 Å². The molecule has 1 heterocycles. The van der Waals surface area contributed by atoms with E-state index in [1.807, 2.05) is 25.1 Å². The van der Waals surface area contributed by atoms with Gasteiger partial charge in [0, 0.05) is 5.02 Å². The molecule has 2 N–H and O–H groups in total. The molecule has 3 aromatic rings. The van der Waals surface area contributed by atoms with Gasteiger partial charge in [-0.15, -0.1) is 5.10 Å². The highest BCUT2D eigenvalue weighted by molar-refractivity contribution is 7.99. The summed E-state index contributed by atoms with van der Waals surface area (Å²) in [6.45, 7) is 1.88. The number of halogens is 1. The maximum Gasteiger partial charge on any atom is 0.230 e. The third-order valence-corrected chi connectivity index (χ3v) is 4.88. The van der Waals surface area contributed by atoms with E-state index in [9.17, 15) is 9.90 Å². The summed E-state index contributed by atoms with van der Waals surface area (Å²) in [6, 6.07) is 13.7. The lowest BCUT2D eigenvalue weighted by Gasteiger charge is -2.15. The Balaban J connectivity index is 1.61. The van der Waals surface area contributed by atoms with Crippen molar-refractivity contribution >= 4 is 29.3 Å². The standard InChI is InChI=1S/C17H16ClN5O2S/c1-11(14-4-2-3-5-15(14)18)19-16(25)10-26-17-20-21-22-23(17)12-6-8-13(24)9-7-12/h2-9,11,24H,10H2,1H3,(H,19,25)/t11-/m1/s1. The molecule has 0 saturated heterocycles. The second-order valence-corrected chi connectivity index (χ2v) is 6.84. The van der Waals surface area contributed by atoms with Crippen molar-refractivity contribution in [3.63, 3.8) is 0 Å². The fraction of sp³-hybridized carbons (Fsp3) is 0.176. The molecular weight excluding hydrogens is 374 g/mol. The Morgan fingerprint density at radius 1 is 1.27 bits per heavy atom. The molecule has 26 heavy (non-hydrogen) atoms. The summed E-state index contributed by atoms with van der Waals surface area (Å²) in [6.07, 6.45) is 0. The molecule has 2 aromatic carbocycles. The predicted molar refractivity (Wildman–Crippen MR) is 99.6 cm³/mol. The second-order valence-electron chi connectivity index (χ2n) is 5.49. The molecule has 1 aromatic heterocycles. The molecule has 0 unspecified atom stereocenters. The molecule has 3 rings (SSSR count). The van der Waals surface area contributed by atoms with E-state index in [4.69, 9.17) is 11.6 Å². The molecule has 0 aliphatic rings. The maximum atomic E-state index is 12.2. The van der Waals surface area contributed by atoms with Crippen LogP contribution in [0, 0.1) is 0 Å². The molecule has 0 aliphatic carbocycles. The van der Waals surface area contributed by atoms with Crippen molar-refractivity contribution in [1.82, 2.24) is 25.5 Å². The fourth-order valence-corrected chi connectivity index (χ4v) is 3.34. The average molecular weight is 390 g/mol. The van der Waals surface area contributed by atoms with Crippen LogP contribution in [-0.4, -0.2) is 37.0 Å². The molecule has 9 heteroatoms. The molecule has 1 atom stereocenters. The highest BCUT2D eigenvalue weighted by Gasteiger charge is 2.15. The zero-order chi connectivity index (χ0) is 18.5. The Morgan fingerprint density at radius 2 is 2.00 bits per heavy atom. The molecule has 0 radical (unpaired) electrons. The van der Waals surface area contributed by atoms with Gasteiger partial charge in [0.1, 0.15) is 5.75 Å². The number of hydrogen-bond acceptors (Lipinski definition) is 6. The Bertz CT molecular complexity index is 900. The number of thioether (sulfide) groups is 1. The molecule has 7 nitrogen and oxygen atoms in total. The number of rotatable bonds is 6. The quantitative estimate of drug-likeness (QED) is 0.629. The fourth-order valence-electron chi connectivity index (χ4n) is 2.34. The Morgan fingerprint density at radius 3 is 2.73 bits per heavy atom. The van der Waals surface area contributed by atoms with Crippen LogP contribution >= 0.6 is 23.4 Å². The van der Waals surface area contributed by atoms with Crippen LogP contribution in [0.5, 0.6) is 5.75 Å². The van der Waals surface area contributed by atoms with Crippen LogP contribution in [-0.2, 0) is 4.79 Å². The number of amides is 1. The third-order valence-electron chi connectivity index (χ3n) is 3.62. The maximum absolute atomic E-state index is 12.2. The lowest BCUT2D eigenvalue weighted by molar-refractivity contribution is -0.119. The summed E-state index contributed by atoms with van der Waals surface area (Å²) in [5, 5.41) is 24.9. The molecule has 0 aliphatic heterocycles. The van der Waals surface area contributed by atoms with E-state index < -0.39 is 0 Å². The van der Waals surface area contributed by atoms with E-state index in [-0.39, 0.29) is 23.5 Å².